The molecule has 1 heterocycles. The Morgan fingerprint density at radius 1 is 1.57 bits per heavy atom. The number of aryl methyl sites for hydroxylation is 1. The molecule has 124 valence electrons. The van der Waals surface area contributed by atoms with E-state index < -0.39 is 5.82 Å². The summed E-state index contributed by atoms with van der Waals surface area (Å²) in [4.78, 5) is 8.07. The molecule has 1 aromatic heterocycles. The largest absolute Gasteiger partial charge is 0.494 e. The maximum atomic E-state index is 14.2. The minimum Gasteiger partial charge on any atom is -0.494 e. The number of nitrogens with zero attached hydrogens (tertiary/aromatic N) is 4. The van der Waals surface area contributed by atoms with Crippen LogP contribution in [0.1, 0.15) is 5.82 Å². The van der Waals surface area contributed by atoms with Crippen LogP contribution in [0.2, 0.25) is 0 Å². The molecule has 2 rings (SSSR count). The fraction of sp³-hybridized carbons (Fsp3) is 0.214. The van der Waals surface area contributed by atoms with Gasteiger partial charge in [0.15, 0.2) is 11.0 Å². The average Bonchev–Trinajstić information content (AvgIpc) is 2.93. The van der Waals surface area contributed by atoms with E-state index in [9.17, 15) is 4.39 Å². The molecule has 2 N–H and O–H groups in total. The smallest absolute Gasteiger partial charge is 0.159 e. The number of benzene rings is 1. The Morgan fingerprint density at radius 3 is 2.87 bits per heavy atom. The van der Waals surface area contributed by atoms with Crippen LogP contribution in [0.4, 0.5) is 10.1 Å². The number of hydrogen-bond acceptors (Lipinski definition) is 5. The lowest BCUT2D eigenvalue weighted by Gasteiger charge is -2.10. The van der Waals surface area contributed by atoms with Crippen molar-refractivity contribution in [2.24, 2.45) is 10.7 Å². The monoisotopic (exact) mass is 401 g/mol. The van der Waals surface area contributed by atoms with E-state index >= 15 is 0 Å². The van der Waals surface area contributed by atoms with Crippen molar-refractivity contribution < 1.29 is 9.13 Å². The molecule has 0 spiro atoms. The van der Waals surface area contributed by atoms with Crippen LogP contribution in [0.3, 0.4) is 0 Å². The molecule has 0 aliphatic carbocycles. The number of methoxy groups -OCH3 is 1. The quantitative estimate of drug-likeness (QED) is 0.472. The molecule has 23 heavy (non-hydrogen) atoms. The highest BCUT2D eigenvalue weighted by Gasteiger charge is 2.13. The zero-order chi connectivity index (χ0) is 16.1. The number of ether oxygens (including phenoxy) is 1. The van der Waals surface area contributed by atoms with Crippen molar-refractivity contribution in [1.29, 1.82) is 0 Å². The van der Waals surface area contributed by atoms with Gasteiger partial charge in [-0.15, -0.1) is 23.6 Å². The molecular formula is C14H17BrFN5OS. The zero-order valence-corrected chi connectivity index (χ0v) is 15.2. The molecule has 0 saturated heterocycles. The second-order valence-electron chi connectivity index (χ2n) is 4.26. The topological polar surface area (TPSA) is 78.3 Å². The number of amidine groups is 1. The Kier molecular flexibility index (Phi) is 7.24. The van der Waals surface area contributed by atoms with E-state index in [0.717, 1.165) is 0 Å². The Bertz CT molecular complexity index is 719. The molecule has 0 radical (unpaired) electrons. The van der Waals surface area contributed by atoms with E-state index in [-0.39, 0.29) is 27.8 Å². The lowest BCUT2D eigenvalue weighted by molar-refractivity contribution is 0.410. The number of halogens is 2. The fourth-order valence-corrected chi connectivity index (χ4v) is 2.17. The van der Waals surface area contributed by atoms with E-state index in [4.69, 9.17) is 10.5 Å². The van der Waals surface area contributed by atoms with Crippen molar-refractivity contribution in [2.75, 3.05) is 12.9 Å². The molecule has 6 nitrogen and oxygen atoms in total. The molecule has 0 aliphatic rings. The summed E-state index contributed by atoms with van der Waals surface area (Å²) < 4.78 is 21.0. The van der Waals surface area contributed by atoms with E-state index in [1.54, 1.807) is 13.0 Å². The number of aliphatic imine (C=N–C) groups is 1. The summed E-state index contributed by atoms with van der Waals surface area (Å²) in [7, 11) is 1.49. The lowest BCUT2D eigenvalue weighted by Crippen LogP contribution is -2.06. The number of rotatable bonds is 5. The molecule has 1 aromatic carbocycles. The van der Waals surface area contributed by atoms with Gasteiger partial charge in [-0.25, -0.2) is 19.0 Å². The van der Waals surface area contributed by atoms with Crippen LogP contribution < -0.4 is 10.5 Å². The summed E-state index contributed by atoms with van der Waals surface area (Å²) in [5.41, 5.74) is 6.28. The maximum absolute atomic E-state index is 14.2. The van der Waals surface area contributed by atoms with Gasteiger partial charge in [0, 0.05) is 17.9 Å². The Morgan fingerprint density at radius 2 is 2.30 bits per heavy atom. The second kappa shape index (κ2) is 8.68. The van der Waals surface area contributed by atoms with Crippen molar-refractivity contribution in [3.05, 3.63) is 42.8 Å². The van der Waals surface area contributed by atoms with Crippen molar-refractivity contribution in [3.63, 3.8) is 0 Å². The van der Waals surface area contributed by atoms with Gasteiger partial charge >= 0.3 is 0 Å². The summed E-state index contributed by atoms with van der Waals surface area (Å²) in [6, 6.07) is 2.76. The van der Waals surface area contributed by atoms with E-state index in [1.165, 1.54) is 42.0 Å². The Balaban J connectivity index is 0.00000264. The van der Waals surface area contributed by atoms with Gasteiger partial charge in [-0.1, -0.05) is 17.8 Å². The summed E-state index contributed by atoms with van der Waals surface area (Å²) in [5.74, 6) is 1.08. The Labute approximate surface area is 148 Å². The Hall–Kier alpha value is -1.87. The number of hydrogen-bond donors (Lipinski definition) is 1. The second-order valence-corrected chi connectivity index (χ2v) is 5.30. The van der Waals surface area contributed by atoms with Crippen molar-refractivity contribution >= 4 is 39.6 Å². The highest BCUT2D eigenvalue weighted by atomic mass is 79.9. The van der Waals surface area contributed by atoms with Crippen LogP contribution in [0.15, 0.2) is 36.1 Å². The SMILES string of the molecule is Br.C=CCSC(N)=Nc1cc(OC)c(-n2cnc(C)n2)cc1F. The molecule has 2 aromatic rings. The molecule has 0 unspecified atom stereocenters. The van der Waals surface area contributed by atoms with Gasteiger partial charge in [-0.2, -0.15) is 5.10 Å². The molecule has 0 atom stereocenters. The van der Waals surface area contributed by atoms with E-state index in [1.807, 2.05) is 0 Å². The first-order valence-corrected chi connectivity index (χ1v) is 7.37. The molecule has 0 amide bonds. The predicted molar refractivity (Wildman–Crippen MR) is 96.9 cm³/mol. The van der Waals surface area contributed by atoms with Crippen LogP contribution in [-0.4, -0.2) is 32.8 Å². The summed E-state index contributed by atoms with van der Waals surface area (Å²) in [5, 5.41) is 4.40. The minimum absolute atomic E-state index is 0. The first-order chi connectivity index (χ1) is 10.5. The lowest BCUT2D eigenvalue weighted by atomic mass is 10.2. The highest BCUT2D eigenvalue weighted by Crippen LogP contribution is 2.31. The summed E-state index contributed by atoms with van der Waals surface area (Å²) in [6.07, 6.45) is 3.18. The van der Waals surface area contributed by atoms with Crippen LogP contribution >= 0.6 is 28.7 Å². The van der Waals surface area contributed by atoms with Crippen LogP contribution in [0.5, 0.6) is 5.75 Å². The molecular weight excluding hydrogens is 385 g/mol. The fourth-order valence-electron chi connectivity index (χ4n) is 1.72. The summed E-state index contributed by atoms with van der Waals surface area (Å²) in [6.45, 7) is 5.34. The van der Waals surface area contributed by atoms with Crippen LogP contribution in [0.25, 0.3) is 5.69 Å². The van der Waals surface area contributed by atoms with Crippen molar-refractivity contribution in [1.82, 2.24) is 14.8 Å². The van der Waals surface area contributed by atoms with Gasteiger partial charge in [0.05, 0.1) is 7.11 Å². The van der Waals surface area contributed by atoms with Gasteiger partial charge in [-0.05, 0) is 6.92 Å². The third-order valence-corrected chi connectivity index (χ3v) is 3.47. The van der Waals surface area contributed by atoms with Gasteiger partial charge < -0.3 is 10.5 Å². The van der Waals surface area contributed by atoms with Crippen molar-refractivity contribution in [2.45, 2.75) is 6.92 Å². The van der Waals surface area contributed by atoms with Gasteiger partial charge in [0.1, 0.15) is 29.3 Å². The maximum Gasteiger partial charge on any atom is 0.159 e. The highest BCUT2D eigenvalue weighted by molar-refractivity contribution is 8.93. The number of nitrogens with two attached hydrogens (primary N) is 1. The first kappa shape index (κ1) is 19.2. The summed E-state index contributed by atoms with van der Waals surface area (Å²) >= 11 is 1.27. The molecule has 0 bridgehead atoms. The van der Waals surface area contributed by atoms with Crippen molar-refractivity contribution in [3.8, 4) is 11.4 Å². The predicted octanol–water partition coefficient (Wildman–Crippen LogP) is 3.17. The van der Waals surface area contributed by atoms with E-state index in [0.29, 0.717) is 23.0 Å². The van der Waals surface area contributed by atoms with Crippen LogP contribution in [-0.2, 0) is 0 Å². The zero-order valence-electron chi connectivity index (χ0n) is 12.7. The first-order valence-electron chi connectivity index (χ1n) is 6.39. The molecule has 0 saturated carbocycles. The van der Waals surface area contributed by atoms with E-state index in [2.05, 4.69) is 21.7 Å². The molecule has 0 aliphatic heterocycles. The third-order valence-electron chi connectivity index (χ3n) is 2.68. The molecule has 0 fully saturated rings. The standard InChI is InChI=1S/C14H16FN5OS.BrH/c1-4-5-22-14(16)18-11-7-13(21-3)12(6-10(11)15)20-8-17-9(2)19-20;/h4,6-8H,1,5H2,2-3H3,(H2,16,18);1H. The number of thioether (sulfide) groups is 1. The number of aromatic nitrogens is 3. The minimum atomic E-state index is -0.522. The molecule has 9 heteroatoms. The van der Waals surface area contributed by atoms with Gasteiger partial charge in [0.2, 0.25) is 0 Å². The normalized spacial score (nSPS) is 11.0. The van der Waals surface area contributed by atoms with Gasteiger partial charge in [0.25, 0.3) is 0 Å². The van der Waals surface area contributed by atoms with Gasteiger partial charge in [-0.3, -0.25) is 0 Å². The van der Waals surface area contributed by atoms with Crippen LogP contribution in [0, 0.1) is 12.7 Å². The average molecular weight is 402 g/mol. The third kappa shape index (κ3) is 4.80.